The van der Waals surface area contributed by atoms with E-state index in [1.165, 1.54) is 6.07 Å². The predicted octanol–water partition coefficient (Wildman–Crippen LogP) is 7.25. The molecule has 2 amide bonds. The second-order valence-corrected chi connectivity index (χ2v) is 8.61. The molecule has 2 aromatic rings. The zero-order valence-corrected chi connectivity index (χ0v) is 19.7. The van der Waals surface area contributed by atoms with Crippen molar-refractivity contribution in [3.05, 3.63) is 48.9 Å². The highest BCUT2D eigenvalue weighted by molar-refractivity contribution is 6.38. The number of rotatable bonds is 8. The van der Waals surface area contributed by atoms with Crippen LogP contribution in [0.2, 0.25) is 20.1 Å². The summed E-state index contributed by atoms with van der Waals surface area (Å²) in [5.41, 5.74) is 2.12. The van der Waals surface area contributed by atoms with E-state index in [4.69, 9.17) is 46.4 Å². The highest BCUT2D eigenvalue weighted by atomic mass is 35.5. The van der Waals surface area contributed by atoms with Crippen LogP contribution in [0.25, 0.3) is 0 Å². The lowest BCUT2D eigenvalue weighted by Crippen LogP contribution is -2.29. The van der Waals surface area contributed by atoms with Gasteiger partial charge in [0.15, 0.2) is 5.75 Å². The molecule has 4 N–H and O–H groups in total. The SMILES string of the molecule is Cc1c(Cl)cc(CCCCCCNC(=O)Nc2cc(Cl)c(C)c(Cl)c2O)c(O)c1Cl. The standard InChI is InChI=1S/C21H24Cl4N2O3/c1-11-14(22)9-13(19(28)17(11)24)7-5-3-4-6-8-26-21(30)27-16-10-15(23)12(2)18(25)20(16)29/h9-10,28-29H,3-8H2,1-2H3,(H2,26,27,30). The quantitative estimate of drug-likeness (QED) is 0.231. The summed E-state index contributed by atoms with van der Waals surface area (Å²) in [6.07, 6.45) is 4.16. The largest absolute Gasteiger partial charge is 0.506 e. The van der Waals surface area contributed by atoms with E-state index in [9.17, 15) is 15.0 Å². The van der Waals surface area contributed by atoms with Crippen molar-refractivity contribution in [1.82, 2.24) is 5.32 Å². The molecule has 164 valence electrons. The Balaban J connectivity index is 1.70. The molecule has 0 radical (unpaired) electrons. The summed E-state index contributed by atoms with van der Waals surface area (Å²) < 4.78 is 0. The van der Waals surface area contributed by atoms with Gasteiger partial charge >= 0.3 is 6.03 Å². The molecule has 0 saturated carbocycles. The summed E-state index contributed by atoms with van der Waals surface area (Å²) in [7, 11) is 0. The summed E-state index contributed by atoms with van der Waals surface area (Å²) in [6, 6.07) is 2.76. The number of amides is 2. The number of carbonyl (C=O) groups excluding carboxylic acids is 1. The molecule has 0 aliphatic heterocycles. The van der Waals surface area contributed by atoms with Gasteiger partial charge in [0.25, 0.3) is 0 Å². The van der Waals surface area contributed by atoms with Gasteiger partial charge in [0.2, 0.25) is 0 Å². The number of anilines is 1. The molecule has 5 nitrogen and oxygen atoms in total. The van der Waals surface area contributed by atoms with Crippen LogP contribution in [0.4, 0.5) is 10.5 Å². The monoisotopic (exact) mass is 492 g/mol. The first-order valence-corrected chi connectivity index (χ1v) is 11.0. The Morgan fingerprint density at radius 1 is 0.867 bits per heavy atom. The number of phenolic OH excluding ortho intramolecular Hbond substituents is 2. The number of phenols is 2. The number of nitrogens with one attached hydrogen (secondary N) is 2. The van der Waals surface area contributed by atoms with Crippen molar-refractivity contribution in [2.24, 2.45) is 0 Å². The van der Waals surface area contributed by atoms with Crippen LogP contribution in [0.3, 0.4) is 0 Å². The number of unbranched alkanes of at least 4 members (excludes halogenated alkanes) is 3. The number of benzene rings is 2. The predicted molar refractivity (Wildman–Crippen MR) is 125 cm³/mol. The molecule has 0 heterocycles. The molecule has 9 heteroatoms. The maximum absolute atomic E-state index is 12.0. The topological polar surface area (TPSA) is 81.6 Å². The van der Waals surface area contributed by atoms with E-state index in [1.807, 2.05) is 0 Å². The van der Waals surface area contributed by atoms with E-state index < -0.39 is 6.03 Å². The maximum Gasteiger partial charge on any atom is 0.319 e. The van der Waals surface area contributed by atoms with Gasteiger partial charge in [-0.05, 0) is 61.9 Å². The van der Waals surface area contributed by atoms with Gasteiger partial charge in [-0.15, -0.1) is 0 Å². The summed E-state index contributed by atoms with van der Waals surface area (Å²) in [4.78, 5) is 12.0. The van der Waals surface area contributed by atoms with Crippen LogP contribution in [0.1, 0.15) is 42.4 Å². The summed E-state index contributed by atoms with van der Waals surface area (Å²) in [5, 5.41) is 26.7. The van der Waals surface area contributed by atoms with Gasteiger partial charge in [0.1, 0.15) is 5.75 Å². The van der Waals surface area contributed by atoms with Gasteiger partial charge in [-0.3, -0.25) is 0 Å². The molecule has 0 spiro atoms. The zero-order valence-electron chi connectivity index (χ0n) is 16.7. The number of hydrogen-bond donors (Lipinski definition) is 4. The maximum atomic E-state index is 12.0. The summed E-state index contributed by atoms with van der Waals surface area (Å²) >= 11 is 24.2. The van der Waals surface area contributed by atoms with Crippen molar-refractivity contribution in [3.8, 4) is 11.5 Å². The van der Waals surface area contributed by atoms with E-state index in [0.29, 0.717) is 39.2 Å². The van der Waals surface area contributed by atoms with Crippen molar-refractivity contribution < 1.29 is 15.0 Å². The van der Waals surface area contributed by atoms with Crippen molar-refractivity contribution in [2.45, 2.75) is 46.0 Å². The molecule has 0 fully saturated rings. The first kappa shape index (κ1) is 24.7. The molecular weight excluding hydrogens is 470 g/mol. The number of halogens is 4. The number of carbonyl (C=O) groups is 1. The summed E-state index contributed by atoms with van der Waals surface area (Å²) in [5.74, 6) is -0.121. The van der Waals surface area contributed by atoms with Crippen LogP contribution >= 0.6 is 46.4 Å². The van der Waals surface area contributed by atoms with Crippen LogP contribution in [0.15, 0.2) is 12.1 Å². The lowest BCUT2D eigenvalue weighted by atomic mass is 10.0. The molecule has 0 aliphatic rings. The Morgan fingerprint density at radius 3 is 2.10 bits per heavy atom. The molecule has 0 aromatic heterocycles. The van der Waals surface area contributed by atoms with Crippen molar-refractivity contribution in [1.29, 1.82) is 0 Å². The Kier molecular flexibility index (Phi) is 9.23. The second-order valence-electron chi connectivity index (χ2n) is 7.04. The van der Waals surface area contributed by atoms with Gasteiger partial charge in [0.05, 0.1) is 15.7 Å². The molecule has 2 rings (SSSR count). The normalized spacial score (nSPS) is 10.9. The van der Waals surface area contributed by atoms with Gasteiger partial charge in [-0.1, -0.05) is 59.2 Å². The fourth-order valence-electron chi connectivity index (χ4n) is 2.91. The van der Waals surface area contributed by atoms with Gasteiger partial charge in [-0.25, -0.2) is 4.79 Å². The number of urea groups is 1. The van der Waals surface area contributed by atoms with Crippen LogP contribution < -0.4 is 10.6 Å². The van der Waals surface area contributed by atoms with E-state index in [1.54, 1.807) is 19.9 Å². The third kappa shape index (κ3) is 6.24. The van der Waals surface area contributed by atoms with Crippen LogP contribution in [0.5, 0.6) is 11.5 Å². The Hall–Kier alpha value is -1.53. The minimum Gasteiger partial charge on any atom is -0.506 e. The fraction of sp³-hybridized carbons (Fsp3) is 0.381. The third-order valence-electron chi connectivity index (χ3n) is 4.83. The second kappa shape index (κ2) is 11.2. The van der Waals surface area contributed by atoms with Crippen LogP contribution in [-0.2, 0) is 6.42 Å². The first-order chi connectivity index (χ1) is 14.1. The van der Waals surface area contributed by atoms with Crippen molar-refractivity contribution in [2.75, 3.05) is 11.9 Å². The van der Waals surface area contributed by atoms with Crippen LogP contribution in [0, 0.1) is 13.8 Å². The van der Waals surface area contributed by atoms with Gasteiger partial charge in [-0.2, -0.15) is 0 Å². The zero-order chi connectivity index (χ0) is 22.4. The van der Waals surface area contributed by atoms with Crippen molar-refractivity contribution in [3.63, 3.8) is 0 Å². The van der Waals surface area contributed by atoms with E-state index in [2.05, 4.69) is 10.6 Å². The fourth-order valence-corrected chi connectivity index (χ4v) is 3.86. The number of aromatic hydroxyl groups is 2. The lowest BCUT2D eigenvalue weighted by Gasteiger charge is -2.12. The highest BCUT2D eigenvalue weighted by Crippen LogP contribution is 2.39. The molecule has 0 aliphatic carbocycles. The molecule has 2 aromatic carbocycles. The van der Waals surface area contributed by atoms with Gasteiger partial charge < -0.3 is 20.8 Å². The molecular formula is C21H24Cl4N2O3. The Labute approximate surface area is 196 Å². The smallest absolute Gasteiger partial charge is 0.319 e. The Bertz CT molecular complexity index is 935. The molecule has 0 saturated heterocycles. The Morgan fingerprint density at radius 2 is 1.43 bits per heavy atom. The van der Waals surface area contributed by atoms with Gasteiger partial charge in [0, 0.05) is 16.6 Å². The summed E-state index contributed by atoms with van der Waals surface area (Å²) in [6.45, 7) is 3.92. The third-order valence-corrected chi connectivity index (χ3v) is 6.54. The average Bonchev–Trinajstić information content (AvgIpc) is 2.71. The van der Waals surface area contributed by atoms with Crippen LogP contribution in [-0.4, -0.2) is 22.8 Å². The first-order valence-electron chi connectivity index (χ1n) is 9.52. The highest BCUT2D eigenvalue weighted by Gasteiger charge is 2.14. The molecule has 0 bridgehead atoms. The number of aryl methyl sites for hydroxylation is 1. The molecule has 0 atom stereocenters. The van der Waals surface area contributed by atoms with E-state index in [0.717, 1.165) is 31.2 Å². The number of hydrogen-bond acceptors (Lipinski definition) is 3. The lowest BCUT2D eigenvalue weighted by molar-refractivity contribution is 0.251. The van der Waals surface area contributed by atoms with E-state index >= 15 is 0 Å². The molecule has 30 heavy (non-hydrogen) atoms. The average molecular weight is 494 g/mol. The van der Waals surface area contributed by atoms with Crippen molar-refractivity contribution >= 4 is 58.1 Å². The van der Waals surface area contributed by atoms with E-state index in [-0.39, 0.29) is 22.2 Å². The minimum atomic E-state index is -0.449. The molecule has 0 unspecified atom stereocenters. The minimum absolute atomic E-state index is 0.0940.